The molecule has 0 saturated carbocycles. The predicted molar refractivity (Wildman–Crippen MR) is 90.0 cm³/mol. The number of benzene rings is 2. The average Bonchev–Trinajstić information content (AvgIpc) is 2.56. The lowest BCUT2D eigenvalue weighted by Gasteiger charge is -2.31. The summed E-state index contributed by atoms with van der Waals surface area (Å²) in [6.45, 7) is 0. The van der Waals surface area contributed by atoms with Crippen LogP contribution in [0.2, 0.25) is 5.02 Å². The van der Waals surface area contributed by atoms with Crippen molar-refractivity contribution >= 4 is 23.1 Å². The maximum Gasteiger partial charge on any atom is 0.340 e. The molecule has 23 heavy (non-hydrogen) atoms. The number of carbonyl (C=O) groups excluding carboxylic acids is 1. The van der Waals surface area contributed by atoms with Gasteiger partial charge in [-0.3, -0.25) is 0 Å². The molecule has 0 saturated heterocycles. The Morgan fingerprint density at radius 2 is 1.91 bits per heavy atom. The van der Waals surface area contributed by atoms with Gasteiger partial charge in [0.2, 0.25) is 5.79 Å². The summed E-state index contributed by atoms with van der Waals surface area (Å²) in [7, 11) is 0. The van der Waals surface area contributed by atoms with Gasteiger partial charge in [0.1, 0.15) is 0 Å². The molecule has 2 aromatic rings. The minimum atomic E-state index is -1.70. The SMILES string of the molecule is O=C(OC1(O)CC=CC=C1c1ccccc1)c1cccc(Cl)c1. The molecule has 4 heteroatoms. The van der Waals surface area contributed by atoms with Crippen LogP contribution in [0.25, 0.3) is 5.57 Å². The molecule has 1 aliphatic rings. The van der Waals surface area contributed by atoms with Crippen LogP contribution in [0.3, 0.4) is 0 Å². The fourth-order valence-corrected chi connectivity index (χ4v) is 2.69. The Kier molecular flexibility index (Phi) is 4.33. The molecular formula is C19H15ClO3. The van der Waals surface area contributed by atoms with Crippen LogP contribution in [0.4, 0.5) is 0 Å². The van der Waals surface area contributed by atoms with E-state index >= 15 is 0 Å². The van der Waals surface area contributed by atoms with E-state index in [2.05, 4.69) is 0 Å². The summed E-state index contributed by atoms with van der Waals surface area (Å²) >= 11 is 5.90. The Hall–Kier alpha value is -2.36. The van der Waals surface area contributed by atoms with Crippen LogP contribution in [-0.2, 0) is 4.74 Å². The van der Waals surface area contributed by atoms with Gasteiger partial charge >= 0.3 is 5.97 Å². The largest absolute Gasteiger partial charge is 0.425 e. The molecule has 1 aliphatic carbocycles. The molecule has 116 valence electrons. The molecule has 1 atom stereocenters. The van der Waals surface area contributed by atoms with Crippen LogP contribution in [0.1, 0.15) is 22.3 Å². The van der Waals surface area contributed by atoms with Gasteiger partial charge in [-0.25, -0.2) is 4.79 Å². The smallest absolute Gasteiger partial charge is 0.340 e. The number of hydrogen-bond donors (Lipinski definition) is 1. The van der Waals surface area contributed by atoms with Crippen molar-refractivity contribution in [3.05, 3.63) is 89.0 Å². The number of halogens is 1. The number of ether oxygens (including phenoxy) is 1. The lowest BCUT2D eigenvalue weighted by molar-refractivity contribution is -0.117. The second kappa shape index (κ2) is 6.41. The Balaban J connectivity index is 1.89. The quantitative estimate of drug-likeness (QED) is 0.678. The van der Waals surface area contributed by atoms with Crippen molar-refractivity contribution in [1.82, 2.24) is 0 Å². The molecule has 0 amide bonds. The van der Waals surface area contributed by atoms with Crippen molar-refractivity contribution in [3.8, 4) is 0 Å². The zero-order valence-electron chi connectivity index (χ0n) is 12.3. The third kappa shape index (κ3) is 3.36. The van der Waals surface area contributed by atoms with Crippen LogP contribution >= 0.6 is 11.6 Å². The normalized spacial score (nSPS) is 20.0. The average molecular weight is 327 g/mol. The zero-order chi connectivity index (χ0) is 16.3. The Morgan fingerprint density at radius 1 is 1.13 bits per heavy atom. The molecule has 0 aromatic heterocycles. The Bertz CT molecular complexity index is 780. The Morgan fingerprint density at radius 3 is 2.65 bits per heavy atom. The fourth-order valence-electron chi connectivity index (χ4n) is 2.50. The first-order chi connectivity index (χ1) is 11.1. The van der Waals surface area contributed by atoms with Crippen molar-refractivity contribution in [2.24, 2.45) is 0 Å². The van der Waals surface area contributed by atoms with E-state index in [4.69, 9.17) is 16.3 Å². The maximum atomic E-state index is 12.4. The van der Waals surface area contributed by atoms with Crippen molar-refractivity contribution in [2.75, 3.05) is 0 Å². The summed E-state index contributed by atoms with van der Waals surface area (Å²) in [6.07, 6.45) is 5.55. The zero-order valence-corrected chi connectivity index (χ0v) is 13.0. The molecule has 0 spiro atoms. The highest BCUT2D eigenvalue weighted by Gasteiger charge is 2.37. The second-order valence-corrected chi connectivity index (χ2v) is 5.70. The molecule has 0 heterocycles. The number of esters is 1. The number of aliphatic hydroxyl groups is 1. The monoisotopic (exact) mass is 326 g/mol. The summed E-state index contributed by atoms with van der Waals surface area (Å²) < 4.78 is 5.43. The molecule has 2 aromatic carbocycles. The standard InChI is InChI=1S/C19H15ClO3/c20-16-10-6-9-15(13-16)18(21)23-19(22)12-5-4-11-17(19)14-7-2-1-3-8-14/h1-11,13,22H,12H2. The highest BCUT2D eigenvalue weighted by Crippen LogP contribution is 2.35. The topological polar surface area (TPSA) is 46.5 Å². The summed E-state index contributed by atoms with van der Waals surface area (Å²) in [5.74, 6) is -2.32. The van der Waals surface area contributed by atoms with Gasteiger partial charge in [0, 0.05) is 17.0 Å². The van der Waals surface area contributed by atoms with Crippen LogP contribution < -0.4 is 0 Å². The molecule has 3 rings (SSSR count). The predicted octanol–water partition coefficient (Wildman–Crippen LogP) is 4.23. The molecule has 0 radical (unpaired) electrons. The second-order valence-electron chi connectivity index (χ2n) is 5.26. The fraction of sp³-hybridized carbons (Fsp3) is 0.105. The molecule has 1 unspecified atom stereocenters. The third-order valence-corrected chi connectivity index (χ3v) is 3.86. The number of rotatable bonds is 3. The van der Waals surface area contributed by atoms with E-state index in [9.17, 15) is 9.90 Å². The van der Waals surface area contributed by atoms with E-state index in [1.165, 1.54) is 6.07 Å². The van der Waals surface area contributed by atoms with Crippen molar-refractivity contribution in [3.63, 3.8) is 0 Å². The van der Waals surface area contributed by atoms with Crippen molar-refractivity contribution in [1.29, 1.82) is 0 Å². The van der Waals surface area contributed by atoms with Gasteiger partial charge in [-0.05, 0) is 23.8 Å². The van der Waals surface area contributed by atoms with Crippen molar-refractivity contribution < 1.29 is 14.6 Å². The molecule has 0 bridgehead atoms. The molecule has 1 N–H and O–H groups in total. The van der Waals surface area contributed by atoms with Crippen LogP contribution in [0.5, 0.6) is 0 Å². The minimum absolute atomic E-state index is 0.194. The summed E-state index contributed by atoms with van der Waals surface area (Å²) in [5, 5.41) is 11.3. The van der Waals surface area contributed by atoms with Crippen molar-refractivity contribution in [2.45, 2.75) is 12.2 Å². The van der Waals surface area contributed by atoms with E-state index in [0.717, 1.165) is 5.56 Å². The van der Waals surface area contributed by atoms with E-state index < -0.39 is 11.8 Å². The van der Waals surface area contributed by atoms with E-state index in [-0.39, 0.29) is 6.42 Å². The van der Waals surface area contributed by atoms with E-state index in [0.29, 0.717) is 16.2 Å². The summed E-state index contributed by atoms with van der Waals surface area (Å²) in [6, 6.07) is 15.8. The van der Waals surface area contributed by atoms with Gasteiger partial charge in [-0.15, -0.1) is 0 Å². The number of carbonyl (C=O) groups is 1. The van der Waals surface area contributed by atoms with E-state index in [1.807, 2.05) is 36.4 Å². The lowest BCUT2D eigenvalue weighted by Crippen LogP contribution is -2.37. The van der Waals surface area contributed by atoms with Gasteiger partial charge in [-0.1, -0.05) is 66.2 Å². The summed E-state index contributed by atoms with van der Waals surface area (Å²) in [4.78, 5) is 12.4. The maximum absolute atomic E-state index is 12.4. The highest BCUT2D eigenvalue weighted by atomic mass is 35.5. The first-order valence-corrected chi connectivity index (χ1v) is 7.60. The Labute approximate surface area is 139 Å². The first-order valence-electron chi connectivity index (χ1n) is 7.22. The molecule has 3 nitrogen and oxygen atoms in total. The van der Waals surface area contributed by atoms with Gasteiger partial charge in [0.25, 0.3) is 0 Å². The highest BCUT2D eigenvalue weighted by molar-refractivity contribution is 6.30. The van der Waals surface area contributed by atoms with Crippen LogP contribution in [0, 0.1) is 0 Å². The van der Waals surface area contributed by atoms with Crippen LogP contribution in [0.15, 0.2) is 72.8 Å². The number of allylic oxidation sites excluding steroid dienone is 2. The van der Waals surface area contributed by atoms with Gasteiger partial charge < -0.3 is 9.84 Å². The molecule has 0 fully saturated rings. The molecular weight excluding hydrogens is 312 g/mol. The first kappa shape index (κ1) is 15.5. The van der Waals surface area contributed by atoms with Gasteiger partial charge in [0.15, 0.2) is 0 Å². The summed E-state index contributed by atoms with van der Waals surface area (Å²) in [5.41, 5.74) is 1.65. The third-order valence-electron chi connectivity index (χ3n) is 3.62. The molecule has 0 aliphatic heterocycles. The number of hydrogen-bond acceptors (Lipinski definition) is 3. The lowest BCUT2D eigenvalue weighted by atomic mass is 9.91. The minimum Gasteiger partial charge on any atom is -0.425 e. The van der Waals surface area contributed by atoms with Gasteiger partial charge in [-0.2, -0.15) is 0 Å². The van der Waals surface area contributed by atoms with Crippen LogP contribution in [-0.4, -0.2) is 16.9 Å². The van der Waals surface area contributed by atoms with Gasteiger partial charge in [0.05, 0.1) is 5.56 Å². The van der Waals surface area contributed by atoms with E-state index in [1.54, 1.807) is 30.4 Å².